The molecule has 3 heterocycles. The Kier molecular flexibility index (Phi) is 4.66. The van der Waals surface area contributed by atoms with Crippen molar-refractivity contribution in [1.29, 1.82) is 0 Å². The van der Waals surface area contributed by atoms with Gasteiger partial charge in [-0.2, -0.15) is 0 Å². The molecule has 0 unspecified atom stereocenters. The molecule has 0 radical (unpaired) electrons. The number of ether oxygens (including phenoxy) is 1. The van der Waals surface area contributed by atoms with Gasteiger partial charge in [-0.1, -0.05) is 23.4 Å². The SMILES string of the molecule is Cc1cc(C[C@@H]2COC[C@@H]2NC(=O)c2cc(C)nc3c(C)cccc23)on1. The van der Waals surface area contributed by atoms with Gasteiger partial charge in [0.25, 0.3) is 5.91 Å². The number of hydrogen-bond acceptors (Lipinski definition) is 5. The summed E-state index contributed by atoms with van der Waals surface area (Å²) in [5.74, 6) is 0.894. The van der Waals surface area contributed by atoms with Crippen molar-refractivity contribution >= 4 is 16.8 Å². The third-order valence-corrected chi connectivity index (χ3v) is 5.07. The summed E-state index contributed by atoms with van der Waals surface area (Å²) in [5, 5.41) is 7.97. The number of nitrogens with zero attached hydrogens (tertiary/aromatic N) is 2. The molecule has 4 rings (SSSR count). The fourth-order valence-electron chi connectivity index (χ4n) is 3.68. The minimum Gasteiger partial charge on any atom is -0.379 e. The van der Waals surface area contributed by atoms with Crippen LogP contribution in [-0.2, 0) is 11.2 Å². The van der Waals surface area contributed by atoms with Crippen molar-refractivity contribution in [1.82, 2.24) is 15.5 Å². The van der Waals surface area contributed by atoms with Gasteiger partial charge in [0.15, 0.2) is 0 Å². The van der Waals surface area contributed by atoms with E-state index in [1.807, 2.05) is 51.1 Å². The number of carbonyl (C=O) groups excluding carboxylic acids is 1. The normalized spacial score (nSPS) is 19.5. The zero-order valence-electron chi connectivity index (χ0n) is 15.8. The quantitative estimate of drug-likeness (QED) is 0.769. The molecule has 1 aliphatic heterocycles. The van der Waals surface area contributed by atoms with Crippen molar-refractivity contribution in [2.24, 2.45) is 5.92 Å². The van der Waals surface area contributed by atoms with Gasteiger partial charge in [-0.05, 0) is 32.4 Å². The number of aryl methyl sites for hydroxylation is 3. The number of para-hydroxylation sites is 1. The topological polar surface area (TPSA) is 77.2 Å². The van der Waals surface area contributed by atoms with Gasteiger partial charge in [0, 0.05) is 29.5 Å². The Morgan fingerprint density at radius 3 is 2.81 bits per heavy atom. The summed E-state index contributed by atoms with van der Waals surface area (Å²) in [4.78, 5) is 17.6. The van der Waals surface area contributed by atoms with Crippen molar-refractivity contribution in [3.63, 3.8) is 0 Å². The lowest BCUT2D eigenvalue weighted by molar-refractivity contribution is 0.0926. The molecule has 1 aromatic carbocycles. The molecule has 1 N–H and O–H groups in total. The number of fused-ring (bicyclic) bond motifs is 1. The number of aromatic nitrogens is 2. The first-order valence-electron chi connectivity index (χ1n) is 9.19. The van der Waals surface area contributed by atoms with Gasteiger partial charge in [-0.3, -0.25) is 9.78 Å². The first-order valence-corrected chi connectivity index (χ1v) is 9.19. The molecule has 1 aliphatic rings. The Morgan fingerprint density at radius 2 is 2.04 bits per heavy atom. The highest BCUT2D eigenvalue weighted by atomic mass is 16.5. The van der Waals surface area contributed by atoms with Gasteiger partial charge < -0.3 is 14.6 Å². The van der Waals surface area contributed by atoms with E-state index in [4.69, 9.17) is 9.26 Å². The average Bonchev–Trinajstić information content (AvgIpc) is 3.24. The number of benzene rings is 1. The molecule has 140 valence electrons. The molecule has 0 saturated carbocycles. The molecule has 1 fully saturated rings. The van der Waals surface area contributed by atoms with Gasteiger partial charge in [0.1, 0.15) is 5.76 Å². The van der Waals surface area contributed by atoms with Crippen molar-refractivity contribution < 1.29 is 14.1 Å². The number of nitrogens with one attached hydrogen (secondary N) is 1. The van der Waals surface area contributed by atoms with Crippen LogP contribution in [-0.4, -0.2) is 35.3 Å². The van der Waals surface area contributed by atoms with E-state index in [1.165, 1.54) is 0 Å². The van der Waals surface area contributed by atoms with Crippen LogP contribution >= 0.6 is 0 Å². The van der Waals surface area contributed by atoms with E-state index in [-0.39, 0.29) is 17.9 Å². The summed E-state index contributed by atoms with van der Waals surface area (Å²) >= 11 is 0. The molecule has 27 heavy (non-hydrogen) atoms. The summed E-state index contributed by atoms with van der Waals surface area (Å²) in [6.07, 6.45) is 0.695. The van der Waals surface area contributed by atoms with E-state index in [2.05, 4.69) is 15.5 Å². The molecule has 6 nitrogen and oxygen atoms in total. The fraction of sp³-hybridized carbons (Fsp3) is 0.381. The van der Waals surface area contributed by atoms with E-state index < -0.39 is 0 Å². The number of pyridine rings is 1. The Bertz CT molecular complexity index is 996. The predicted octanol–water partition coefficient (Wildman–Crippen LogP) is 3.14. The van der Waals surface area contributed by atoms with Crippen LogP contribution < -0.4 is 5.32 Å². The van der Waals surface area contributed by atoms with Gasteiger partial charge in [0.05, 0.1) is 36.0 Å². The summed E-state index contributed by atoms with van der Waals surface area (Å²) in [6, 6.07) is 9.64. The molecule has 1 saturated heterocycles. The maximum Gasteiger partial charge on any atom is 0.252 e. The summed E-state index contributed by atoms with van der Waals surface area (Å²) in [7, 11) is 0. The van der Waals surface area contributed by atoms with Crippen LogP contribution in [0.2, 0.25) is 0 Å². The minimum absolute atomic E-state index is 0.0590. The Morgan fingerprint density at radius 1 is 1.19 bits per heavy atom. The molecular weight excluding hydrogens is 342 g/mol. The largest absolute Gasteiger partial charge is 0.379 e. The molecule has 2 atom stereocenters. The molecule has 3 aromatic rings. The number of carbonyl (C=O) groups is 1. The number of hydrogen-bond donors (Lipinski definition) is 1. The zero-order valence-corrected chi connectivity index (χ0v) is 15.8. The Hall–Kier alpha value is -2.73. The molecular formula is C21H23N3O3. The van der Waals surface area contributed by atoms with Crippen LogP contribution in [0.3, 0.4) is 0 Å². The monoisotopic (exact) mass is 365 g/mol. The standard InChI is InChI=1S/C21H23N3O3/c1-12-5-4-6-17-18(8-13(2)22-20(12)17)21(25)23-19-11-26-10-15(19)9-16-7-14(3)24-27-16/h4-8,15,19H,9-11H2,1-3H3,(H,23,25)/t15-,19+/m1/s1. The molecule has 0 bridgehead atoms. The second-order valence-corrected chi connectivity index (χ2v) is 7.30. The first-order chi connectivity index (χ1) is 13.0. The van der Waals surface area contributed by atoms with E-state index in [9.17, 15) is 4.79 Å². The fourth-order valence-corrected chi connectivity index (χ4v) is 3.68. The van der Waals surface area contributed by atoms with E-state index >= 15 is 0 Å². The maximum atomic E-state index is 13.1. The van der Waals surface area contributed by atoms with Crippen LogP contribution in [0, 0.1) is 26.7 Å². The highest BCUT2D eigenvalue weighted by Gasteiger charge is 2.31. The Labute approximate surface area is 157 Å². The van der Waals surface area contributed by atoms with Crippen LogP contribution in [0.1, 0.15) is 33.1 Å². The van der Waals surface area contributed by atoms with Crippen LogP contribution in [0.15, 0.2) is 34.9 Å². The lowest BCUT2D eigenvalue weighted by atomic mass is 9.97. The number of amides is 1. The Balaban J connectivity index is 1.56. The summed E-state index contributed by atoms with van der Waals surface area (Å²) in [6.45, 7) is 6.92. The molecule has 6 heteroatoms. The lowest BCUT2D eigenvalue weighted by Gasteiger charge is -2.19. The molecule has 2 aromatic heterocycles. The lowest BCUT2D eigenvalue weighted by Crippen LogP contribution is -2.40. The van der Waals surface area contributed by atoms with E-state index in [0.29, 0.717) is 25.2 Å². The second-order valence-electron chi connectivity index (χ2n) is 7.30. The van der Waals surface area contributed by atoms with Crippen LogP contribution in [0.5, 0.6) is 0 Å². The molecule has 0 spiro atoms. The van der Waals surface area contributed by atoms with Gasteiger partial charge in [-0.25, -0.2) is 0 Å². The third-order valence-electron chi connectivity index (χ3n) is 5.07. The smallest absolute Gasteiger partial charge is 0.252 e. The first kappa shape index (κ1) is 17.7. The highest BCUT2D eigenvalue weighted by Crippen LogP contribution is 2.24. The average molecular weight is 365 g/mol. The van der Waals surface area contributed by atoms with Crippen molar-refractivity contribution in [3.05, 3.63) is 58.6 Å². The van der Waals surface area contributed by atoms with Crippen LogP contribution in [0.4, 0.5) is 0 Å². The summed E-state index contributed by atoms with van der Waals surface area (Å²) in [5.41, 5.74) is 4.28. The van der Waals surface area contributed by atoms with E-state index in [0.717, 1.165) is 33.6 Å². The minimum atomic E-state index is -0.0923. The highest BCUT2D eigenvalue weighted by molar-refractivity contribution is 6.06. The third kappa shape index (κ3) is 3.57. The van der Waals surface area contributed by atoms with Gasteiger partial charge in [0.2, 0.25) is 0 Å². The summed E-state index contributed by atoms with van der Waals surface area (Å²) < 4.78 is 11.0. The van der Waals surface area contributed by atoms with Gasteiger partial charge in [-0.15, -0.1) is 0 Å². The van der Waals surface area contributed by atoms with Crippen molar-refractivity contribution in [2.45, 2.75) is 33.2 Å². The van der Waals surface area contributed by atoms with E-state index in [1.54, 1.807) is 0 Å². The van der Waals surface area contributed by atoms with Gasteiger partial charge >= 0.3 is 0 Å². The van der Waals surface area contributed by atoms with Crippen LogP contribution in [0.25, 0.3) is 10.9 Å². The van der Waals surface area contributed by atoms with Crippen molar-refractivity contribution in [3.8, 4) is 0 Å². The molecule has 0 aliphatic carbocycles. The molecule has 1 amide bonds. The van der Waals surface area contributed by atoms with Crippen molar-refractivity contribution in [2.75, 3.05) is 13.2 Å². The zero-order chi connectivity index (χ0) is 19.0. The predicted molar refractivity (Wildman–Crippen MR) is 102 cm³/mol. The maximum absolute atomic E-state index is 13.1. The second kappa shape index (κ2) is 7.12. The number of rotatable bonds is 4.